The van der Waals surface area contributed by atoms with E-state index in [2.05, 4.69) is 31.9 Å². The van der Waals surface area contributed by atoms with E-state index in [0.29, 0.717) is 19.5 Å². The van der Waals surface area contributed by atoms with Gasteiger partial charge in [0.1, 0.15) is 0 Å². The minimum absolute atomic E-state index is 0.323. The van der Waals surface area contributed by atoms with Gasteiger partial charge in [-0.2, -0.15) is 9.99 Å². The topological polar surface area (TPSA) is 50.7 Å². The van der Waals surface area contributed by atoms with Gasteiger partial charge in [-0.1, -0.05) is 0 Å². The lowest BCUT2D eigenvalue weighted by atomic mass is 10.3. The van der Waals surface area contributed by atoms with Crippen LogP contribution in [0.15, 0.2) is 21.3 Å². The van der Waals surface area contributed by atoms with Crippen molar-refractivity contribution in [1.29, 1.82) is 5.26 Å². The molecule has 0 aliphatic rings. The Bertz CT molecular complexity index is 309. The van der Waals surface area contributed by atoms with Gasteiger partial charge in [0.25, 0.3) is 9.21 Å². The Morgan fingerprint density at radius 2 is 1.82 bits per heavy atom. The van der Waals surface area contributed by atoms with Gasteiger partial charge in [0.05, 0.1) is 11.6 Å². The lowest BCUT2D eigenvalue weighted by Gasteiger charge is -2.00. The molecule has 1 heterocycles. The first kappa shape index (κ1) is 8.50. The smallest absolute Gasteiger partial charge is 0.261 e. The predicted molar refractivity (Wildman–Crippen MR) is 45.5 cm³/mol. The molecule has 0 bridgehead atoms. The minimum Gasteiger partial charge on any atom is -0.617 e. The molecule has 1 rings (SSSR count). The summed E-state index contributed by atoms with van der Waals surface area (Å²) in [5, 5.41) is 19.4. The zero-order valence-corrected chi connectivity index (χ0v) is 8.39. The second-order valence-corrected chi connectivity index (χ2v) is 3.42. The number of hydrogen-bond acceptors (Lipinski definition) is 2. The fourth-order valence-corrected chi connectivity index (χ4v) is 1.70. The molecule has 0 amide bonds. The van der Waals surface area contributed by atoms with Crippen LogP contribution in [-0.4, -0.2) is 0 Å². The number of pyridine rings is 1. The van der Waals surface area contributed by atoms with Crippen LogP contribution in [0.2, 0.25) is 0 Å². The van der Waals surface area contributed by atoms with E-state index in [1.807, 2.05) is 6.07 Å². The van der Waals surface area contributed by atoms with Crippen LogP contribution < -0.4 is 4.73 Å². The first-order valence-electron chi connectivity index (χ1n) is 2.64. The second kappa shape index (κ2) is 3.20. The highest BCUT2D eigenvalue weighted by atomic mass is 79.9. The number of nitriles is 1. The standard InChI is InChI=1S/C6H2Br2N2O/c7-5-1-4(3-9)2-6(8)10(5)11/h1-2H. The van der Waals surface area contributed by atoms with Crippen LogP contribution in [0, 0.1) is 16.5 Å². The van der Waals surface area contributed by atoms with Gasteiger partial charge in [-0.05, 0) is 0 Å². The van der Waals surface area contributed by atoms with Gasteiger partial charge >= 0.3 is 0 Å². The van der Waals surface area contributed by atoms with Crippen molar-refractivity contribution in [2.24, 2.45) is 0 Å². The van der Waals surface area contributed by atoms with E-state index in [4.69, 9.17) is 5.26 Å². The van der Waals surface area contributed by atoms with Gasteiger partial charge < -0.3 is 5.21 Å². The summed E-state index contributed by atoms with van der Waals surface area (Å²) < 4.78 is 1.28. The van der Waals surface area contributed by atoms with Crippen molar-refractivity contribution < 1.29 is 4.73 Å². The SMILES string of the molecule is N#Cc1cc(Br)[n+]([O-])c(Br)c1. The normalized spacial score (nSPS) is 9.18. The van der Waals surface area contributed by atoms with Crippen molar-refractivity contribution in [2.75, 3.05) is 0 Å². The van der Waals surface area contributed by atoms with Crippen molar-refractivity contribution in [3.05, 3.63) is 32.1 Å². The molecule has 0 spiro atoms. The molecule has 0 unspecified atom stereocenters. The van der Waals surface area contributed by atoms with Crippen molar-refractivity contribution in [2.45, 2.75) is 0 Å². The van der Waals surface area contributed by atoms with Crippen molar-refractivity contribution in [1.82, 2.24) is 0 Å². The van der Waals surface area contributed by atoms with Crippen molar-refractivity contribution >= 4 is 31.9 Å². The molecule has 0 aromatic carbocycles. The van der Waals surface area contributed by atoms with Crippen LogP contribution in [0.25, 0.3) is 0 Å². The lowest BCUT2D eigenvalue weighted by molar-refractivity contribution is -0.629. The van der Waals surface area contributed by atoms with Crippen LogP contribution in [0.4, 0.5) is 0 Å². The Kier molecular flexibility index (Phi) is 2.47. The molecule has 0 N–H and O–H groups in total. The fraction of sp³-hybridized carbons (Fsp3) is 0. The monoisotopic (exact) mass is 276 g/mol. The molecule has 0 aliphatic heterocycles. The highest BCUT2D eigenvalue weighted by molar-refractivity contribution is 9.11. The van der Waals surface area contributed by atoms with Gasteiger partial charge in [-0.3, -0.25) is 0 Å². The summed E-state index contributed by atoms with van der Waals surface area (Å²) in [5.74, 6) is 0. The second-order valence-electron chi connectivity index (χ2n) is 1.80. The van der Waals surface area contributed by atoms with E-state index in [0.717, 1.165) is 0 Å². The van der Waals surface area contributed by atoms with E-state index >= 15 is 0 Å². The van der Waals surface area contributed by atoms with E-state index in [1.54, 1.807) is 0 Å². The van der Waals surface area contributed by atoms with Gasteiger partial charge in [0.15, 0.2) is 0 Å². The summed E-state index contributed by atoms with van der Waals surface area (Å²) in [5.41, 5.74) is 0.441. The Balaban J connectivity index is 3.35. The Morgan fingerprint density at radius 1 is 1.36 bits per heavy atom. The Hall–Kier alpha value is -0.600. The number of rotatable bonds is 0. The van der Waals surface area contributed by atoms with Crippen LogP contribution in [0.3, 0.4) is 0 Å². The molecule has 1 aromatic rings. The fourth-order valence-electron chi connectivity index (χ4n) is 0.582. The highest BCUT2D eigenvalue weighted by Crippen LogP contribution is 2.12. The van der Waals surface area contributed by atoms with E-state index in [-0.39, 0.29) is 0 Å². The van der Waals surface area contributed by atoms with Crippen LogP contribution in [0.5, 0.6) is 0 Å². The molecule has 5 heteroatoms. The van der Waals surface area contributed by atoms with Gasteiger partial charge in [-0.25, -0.2) is 0 Å². The van der Waals surface area contributed by atoms with Gasteiger partial charge in [0.2, 0.25) is 0 Å². The maximum atomic E-state index is 11.0. The van der Waals surface area contributed by atoms with Crippen molar-refractivity contribution in [3.63, 3.8) is 0 Å². The highest BCUT2D eigenvalue weighted by Gasteiger charge is 2.08. The number of hydrogen-bond donors (Lipinski definition) is 0. The Morgan fingerprint density at radius 3 is 2.18 bits per heavy atom. The van der Waals surface area contributed by atoms with Crippen LogP contribution >= 0.6 is 31.9 Å². The average Bonchev–Trinajstić information content (AvgIpc) is 1.99. The number of aromatic nitrogens is 1. The summed E-state index contributed by atoms with van der Waals surface area (Å²) >= 11 is 6.01. The summed E-state index contributed by atoms with van der Waals surface area (Å²) in [7, 11) is 0. The molecule has 56 valence electrons. The summed E-state index contributed by atoms with van der Waals surface area (Å²) in [6.45, 7) is 0. The van der Waals surface area contributed by atoms with Crippen LogP contribution in [0.1, 0.15) is 5.56 Å². The number of halogens is 2. The van der Waals surface area contributed by atoms with E-state index in [9.17, 15) is 5.21 Å². The summed E-state index contributed by atoms with van der Waals surface area (Å²) in [6.07, 6.45) is 0. The Labute approximate surface area is 80.1 Å². The van der Waals surface area contributed by atoms with Gasteiger partial charge in [0, 0.05) is 44.0 Å². The number of nitrogens with zero attached hydrogens (tertiary/aromatic N) is 2. The molecule has 0 aliphatic carbocycles. The maximum Gasteiger partial charge on any atom is 0.261 e. The van der Waals surface area contributed by atoms with Crippen LogP contribution in [-0.2, 0) is 0 Å². The molecule has 0 saturated carbocycles. The third-order valence-corrected chi connectivity index (χ3v) is 2.17. The molecule has 0 saturated heterocycles. The molecule has 0 radical (unpaired) electrons. The van der Waals surface area contributed by atoms with E-state index < -0.39 is 0 Å². The van der Waals surface area contributed by atoms with Crippen molar-refractivity contribution in [3.8, 4) is 6.07 Å². The lowest BCUT2D eigenvalue weighted by Crippen LogP contribution is -2.29. The molecule has 0 fully saturated rings. The first-order chi connectivity index (χ1) is 5.15. The first-order valence-corrected chi connectivity index (χ1v) is 4.22. The molecule has 11 heavy (non-hydrogen) atoms. The summed E-state index contributed by atoms with van der Waals surface area (Å²) in [4.78, 5) is 0. The third kappa shape index (κ3) is 1.70. The van der Waals surface area contributed by atoms with Gasteiger partial charge in [-0.15, -0.1) is 0 Å². The maximum absolute atomic E-state index is 11.0. The minimum atomic E-state index is 0.323. The molecular formula is C6H2Br2N2O. The molecule has 3 nitrogen and oxygen atoms in total. The molecular weight excluding hydrogens is 276 g/mol. The average molecular weight is 278 g/mol. The quantitative estimate of drug-likeness (QED) is 0.412. The summed E-state index contributed by atoms with van der Waals surface area (Å²) in [6, 6.07) is 4.84. The largest absolute Gasteiger partial charge is 0.617 e. The zero-order valence-electron chi connectivity index (χ0n) is 5.21. The molecule has 0 atom stereocenters. The van der Waals surface area contributed by atoms with E-state index in [1.165, 1.54) is 12.1 Å². The molecule has 1 aromatic heterocycles. The third-order valence-electron chi connectivity index (χ3n) is 1.07. The predicted octanol–water partition coefficient (Wildman–Crippen LogP) is 1.72. The zero-order chi connectivity index (χ0) is 8.43.